The maximum absolute atomic E-state index is 11.7. The van der Waals surface area contributed by atoms with Crippen molar-refractivity contribution in [3.05, 3.63) is 71.3 Å². The number of piperidine rings is 1. The minimum absolute atomic E-state index is 0. The average molecular weight is 360 g/mol. The highest BCUT2D eigenvalue weighted by Gasteiger charge is 2.38. The van der Waals surface area contributed by atoms with Gasteiger partial charge in [0.2, 0.25) is 0 Å². The Morgan fingerprint density at radius 2 is 1.68 bits per heavy atom. The molecule has 2 aromatic rings. The van der Waals surface area contributed by atoms with Crippen molar-refractivity contribution < 1.29 is 9.53 Å². The van der Waals surface area contributed by atoms with Crippen LogP contribution in [0.5, 0.6) is 0 Å². The van der Waals surface area contributed by atoms with Gasteiger partial charge in [0, 0.05) is 32.9 Å². The van der Waals surface area contributed by atoms with E-state index < -0.39 is 5.60 Å². The van der Waals surface area contributed by atoms with Gasteiger partial charge in [-0.05, 0) is 30.2 Å². The molecular weight excluding hydrogens is 334 g/mol. The third kappa shape index (κ3) is 4.83. The van der Waals surface area contributed by atoms with Crippen molar-refractivity contribution in [1.82, 2.24) is 4.90 Å². The smallest absolute Gasteiger partial charge is 0.303 e. The van der Waals surface area contributed by atoms with Gasteiger partial charge >= 0.3 is 5.97 Å². The maximum Gasteiger partial charge on any atom is 0.303 e. The molecule has 0 unspecified atom stereocenters. The second-order valence-electron chi connectivity index (χ2n) is 6.75. The summed E-state index contributed by atoms with van der Waals surface area (Å²) >= 11 is 0. The first kappa shape index (κ1) is 19.5. The molecule has 0 saturated carbocycles. The quantitative estimate of drug-likeness (QED) is 0.767. The van der Waals surface area contributed by atoms with Gasteiger partial charge in [0.1, 0.15) is 5.60 Å². The summed E-state index contributed by atoms with van der Waals surface area (Å²) in [4.78, 5) is 14.0. The maximum atomic E-state index is 11.7. The molecule has 0 radical (unpaired) electrons. The zero-order chi connectivity index (χ0) is 17.0. The lowest BCUT2D eigenvalue weighted by atomic mass is 9.83. The lowest BCUT2D eigenvalue weighted by Gasteiger charge is -2.40. The zero-order valence-electron chi connectivity index (χ0n) is 14.9. The van der Waals surface area contributed by atoms with E-state index in [4.69, 9.17) is 4.74 Å². The summed E-state index contributed by atoms with van der Waals surface area (Å²) in [6.07, 6.45) is 2.58. The van der Waals surface area contributed by atoms with Gasteiger partial charge < -0.3 is 9.64 Å². The van der Waals surface area contributed by atoms with Gasteiger partial charge in [-0.2, -0.15) is 0 Å². The Kier molecular flexibility index (Phi) is 6.63. The molecule has 0 N–H and O–H groups in total. The molecule has 1 fully saturated rings. The molecule has 0 aromatic heterocycles. The van der Waals surface area contributed by atoms with Crippen molar-refractivity contribution in [3.8, 4) is 0 Å². The molecule has 134 valence electrons. The third-order valence-electron chi connectivity index (χ3n) is 4.84. The molecule has 0 spiro atoms. The number of ether oxygens (including phenoxy) is 1. The molecule has 3 rings (SSSR count). The summed E-state index contributed by atoms with van der Waals surface area (Å²) in [6, 6.07) is 19.0. The molecule has 3 nitrogen and oxygen atoms in total. The van der Waals surface area contributed by atoms with Crippen LogP contribution < -0.4 is 0 Å². The topological polar surface area (TPSA) is 29.5 Å². The molecular formula is C21H26ClNO2. The van der Waals surface area contributed by atoms with Crippen LogP contribution in [0.3, 0.4) is 0 Å². The van der Waals surface area contributed by atoms with Crippen molar-refractivity contribution >= 4 is 18.4 Å². The number of nitrogens with zero attached hydrogens (tertiary/aromatic N) is 1. The summed E-state index contributed by atoms with van der Waals surface area (Å²) in [6.45, 7) is 3.39. The number of hydrogen-bond donors (Lipinski definition) is 0. The lowest BCUT2D eigenvalue weighted by Crippen LogP contribution is -2.43. The third-order valence-corrected chi connectivity index (χ3v) is 4.84. The fourth-order valence-corrected chi connectivity index (χ4v) is 3.50. The fourth-order valence-electron chi connectivity index (χ4n) is 3.50. The highest BCUT2D eigenvalue weighted by molar-refractivity contribution is 5.85. The van der Waals surface area contributed by atoms with Crippen LogP contribution in [0.25, 0.3) is 0 Å². The Morgan fingerprint density at radius 3 is 2.32 bits per heavy atom. The van der Waals surface area contributed by atoms with Gasteiger partial charge in [0.15, 0.2) is 0 Å². The number of halogens is 1. The van der Waals surface area contributed by atoms with Gasteiger partial charge in [-0.3, -0.25) is 4.79 Å². The van der Waals surface area contributed by atoms with E-state index in [0.717, 1.165) is 37.9 Å². The minimum Gasteiger partial charge on any atom is -0.454 e. The van der Waals surface area contributed by atoms with Crippen molar-refractivity contribution in [1.29, 1.82) is 0 Å². The van der Waals surface area contributed by atoms with E-state index in [1.807, 2.05) is 6.07 Å². The molecule has 1 aliphatic heterocycles. The first-order valence-corrected chi connectivity index (χ1v) is 8.59. The van der Waals surface area contributed by atoms with E-state index in [1.54, 1.807) is 0 Å². The summed E-state index contributed by atoms with van der Waals surface area (Å²) in [5, 5.41) is 0. The van der Waals surface area contributed by atoms with Crippen LogP contribution in [-0.2, 0) is 21.6 Å². The molecule has 4 heteroatoms. The molecule has 0 atom stereocenters. The SMILES string of the molecule is CC(=O)OC1(c2cccc(Cc3ccccc3)c2)CCN(C)CC1.Cl. The molecule has 1 aliphatic rings. The molecule has 1 saturated heterocycles. The predicted molar refractivity (Wildman–Crippen MR) is 103 cm³/mol. The Morgan fingerprint density at radius 1 is 1.04 bits per heavy atom. The molecule has 0 bridgehead atoms. The van der Waals surface area contributed by atoms with Crippen molar-refractivity contribution in [2.45, 2.75) is 31.8 Å². The largest absolute Gasteiger partial charge is 0.454 e. The van der Waals surface area contributed by atoms with Crippen LogP contribution >= 0.6 is 12.4 Å². The number of carbonyl (C=O) groups is 1. The zero-order valence-corrected chi connectivity index (χ0v) is 15.7. The van der Waals surface area contributed by atoms with E-state index in [0.29, 0.717) is 0 Å². The monoisotopic (exact) mass is 359 g/mol. The second-order valence-corrected chi connectivity index (χ2v) is 6.75. The Bertz CT molecular complexity index is 694. The normalized spacial score (nSPS) is 16.7. The Balaban J connectivity index is 0.00000225. The average Bonchev–Trinajstić information content (AvgIpc) is 2.58. The Labute approximate surface area is 156 Å². The van der Waals surface area contributed by atoms with Gasteiger partial charge in [-0.25, -0.2) is 0 Å². The molecule has 0 amide bonds. The summed E-state index contributed by atoms with van der Waals surface area (Å²) in [5.74, 6) is -0.201. The fraction of sp³-hybridized carbons (Fsp3) is 0.381. The lowest BCUT2D eigenvalue weighted by molar-refractivity contribution is -0.163. The van der Waals surface area contributed by atoms with Crippen molar-refractivity contribution in [3.63, 3.8) is 0 Å². The van der Waals surface area contributed by atoms with Crippen LogP contribution in [0.2, 0.25) is 0 Å². The van der Waals surface area contributed by atoms with Crippen molar-refractivity contribution in [2.24, 2.45) is 0 Å². The van der Waals surface area contributed by atoms with E-state index in [2.05, 4.69) is 60.5 Å². The molecule has 25 heavy (non-hydrogen) atoms. The highest BCUT2D eigenvalue weighted by Crippen LogP contribution is 2.37. The number of benzene rings is 2. The molecule has 0 aliphatic carbocycles. The van der Waals surface area contributed by atoms with Crippen LogP contribution in [0.4, 0.5) is 0 Å². The first-order valence-electron chi connectivity index (χ1n) is 8.59. The van der Waals surface area contributed by atoms with Gasteiger partial charge in [0.05, 0.1) is 0 Å². The van der Waals surface area contributed by atoms with Crippen LogP contribution in [0, 0.1) is 0 Å². The number of rotatable bonds is 4. The highest BCUT2D eigenvalue weighted by atomic mass is 35.5. The van der Waals surface area contributed by atoms with Crippen LogP contribution in [-0.4, -0.2) is 31.0 Å². The standard InChI is InChI=1S/C21H25NO2.ClH/c1-17(23)24-21(11-13-22(2)14-12-21)20-10-6-9-19(16-20)15-18-7-4-3-5-8-18;/h3-10,16H,11-15H2,1-2H3;1H. The number of hydrogen-bond acceptors (Lipinski definition) is 3. The molecule has 2 aromatic carbocycles. The van der Waals surface area contributed by atoms with E-state index in [-0.39, 0.29) is 18.4 Å². The number of carbonyl (C=O) groups excluding carboxylic acids is 1. The van der Waals surface area contributed by atoms with Crippen LogP contribution in [0.15, 0.2) is 54.6 Å². The summed E-state index contributed by atoms with van der Waals surface area (Å²) in [5.41, 5.74) is 3.19. The van der Waals surface area contributed by atoms with Crippen molar-refractivity contribution in [2.75, 3.05) is 20.1 Å². The number of esters is 1. The number of likely N-dealkylation sites (tertiary alicyclic amines) is 1. The predicted octanol–water partition coefficient (Wildman–Crippen LogP) is 4.18. The Hall–Kier alpha value is -1.84. The first-order chi connectivity index (χ1) is 11.6. The van der Waals surface area contributed by atoms with Gasteiger partial charge in [-0.1, -0.05) is 54.6 Å². The van der Waals surface area contributed by atoms with E-state index in [1.165, 1.54) is 18.1 Å². The van der Waals surface area contributed by atoms with Crippen LogP contribution in [0.1, 0.15) is 36.5 Å². The minimum atomic E-state index is -0.481. The molecule has 1 heterocycles. The summed E-state index contributed by atoms with van der Waals surface area (Å²) < 4.78 is 5.85. The van der Waals surface area contributed by atoms with Gasteiger partial charge in [0.25, 0.3) is 0 Å². The van der Waals surface area contributed by atoms with Gasteiger partial charge in [-0.15, -0.1) is 12.4 Å². The second kappa shape index (κ2) is 8.50. The van der Waals surface area contributed by atoms with E-state index >= 15 is 0 Å². The summed E-state index contributed by atoms with van der Waals surface area (Å²) in [7, 11) is 2.11. The van der Waals surface area contributed by atoms with E-state index in [9.17, 15) is 4.79 Å².